The Hall–Kier alpha value is -1.02. The third-order valence-corrected chi connectivity index (χ3v) is 4.12. The summed E-state index contributed by atoms with van der Waals surface area (Å²) >= 11 is 0. The quantitative estimate of drug-likeness (QED) is 0.870. The molecule has 2 rings (SSSR count). The second-order valence-corrected chi connectivity index (χ2v) is 5.62. The van der Waals surface area contributed by atoms with Gasteiger partial charge in [-0.05, 0) is 56.2 Å². The van der Waals surface area contributed by atoms with Gasteiger partial charge in [0.25, 0.3) is 0 Å². The average molecular weight is 247 g/mol. The molecule has 0 bridgehead atoms. The number of hydrogen-bond donors (Lipinski definition) is 1. The van der Waals surface area contributed by atoms with E-state index in [4.69, 9.17) is 4.74 Å². The highest BCUT2D eigenvalue weighted by Crippen LogP contribution is 2.26. The zero-order valence-electron chi connectivity index (χ0n) is 11.8. The van der Waals surface area contributed by atoms with Gasteiger partial charge >= 0.3 is 0 Å². The van der Waals surface area contributed by atoms with Gasteiger partial charge in [0.1, 0.15) is 5.75 Å². The lowest BCUT2D eigenvalue weighted by atomic mass is 9.87. The SMILES string of the molecule is COc1ccc([C@@H](C)NC2CCC(C)CC2)cc1. The van der Waals surface area contributed by atoms with E-state index in [-0.39, 0.29) is 0 Å². The summed E-state index contributed by atoms with van der Waals surface area (Å²) < 4.78 is 5.19. The van der Waals surface area contributed by atoms with E-state index in [0.717, 1.165) is 11.7 Å². The molecule has 1 aliphatic carbocycles. The van der Waals surface area contributed by atoms with Crippen LogP contribution >= 0.6 is 0 Å². The van der Waals surface area contributed by atoms with E-state index in [1.807, 2.05) is 12.1 Å². The van der Waals surface area contributed by atoms with Gasteiger partial charge in [-0.2, -0.15) is 0 Å². The van der Waals surface area contributed by atoms with E-state index in [1.165, 1.54) is 31.2 Å². The highest BCUT2D eigenvalue weighted by molar-refractivity contribution is 5.28. The molecule has 0 spiro atoms. The fourth-order valence-electron chi connectivity index (χ4n) is 2.77. The maximum atomic E-state index is 5.19. The third kappa shape index (κ3) is 3.49. The monoisotopic (exact) mass is 247 g/mol. The van der Waals surface area contributed by atoms with E-state index in [0.29, 0.717) is 12.1 Å². The van der Waals surface area contributed by atoms with E-state index in [1.54, 1.807) is 7.11 Å². The molecule has 1 N–H and O–H groups in total. The molecule has 0 radical (unpaired) electrons. The molecule has 1 aromatic carbocycles. The molecule has 1 atom stereocenters. The van der Waals surface area contributed by atoms with Crippen molar-refractivity contribution in [2.75, 3.05) is 7.11 Å². The van der Waals surface area contributed by atoms with E-state index >= 15 is 0 Å². The predicted molar refractivity (Wildman–Crippen MR) is 76.0 cm³/mol. The number of nitrogens with one attached hydrogen (secondary N) is 1. The molecule has 0 heterocycles. The van der Waals surface area contributed by atoms with Crippen LogP contribution in [0.4, 0.5) is 0 Å². The lowest BCUT2D eigenvalue weighted by molar-refractivity contribution is 0.291. The number of hydrogen-bond acceptors (Lipinski definition) is 2. The first-order chi connectivity index (χ1) is 8.69. The van der Waals surface area contributed by atoms with Crippen molar-refractivity contribution in [2.24, 2.45) is 5.92 Å². The van der Waals surface area contributed by atoms with Crippen LogP contribution in [0.15, 0.2) is 24.3 Å². The summed E-state index contributed by atoms with van der Waals surface area (Å²) in [5.74, 6) is 1.84. The molecule has 1 aromatic rings. The van der Waals surface area contributed by atoms with Gasteiger partial charge in [0.2, 0.25) is 0 Å². The van der Waals surface area contributed by atoms with Crippen molar-refractivity contribution in [3.8, 4) is 5.75 Å². The summed E-state index contributed by atoms with van der Waals surface area (Å²) in [6.07, 6.45) is 5.38. The molecule has 2 heteroatoms. The van der Waals surface area contributed by atoms with Crippen molar-refractivity contribution in [1.82, 2.24) is 5.32 Å². The molecular weight excluding hydrogens is 222 g/mol. The van der Waals surface area contributed by atoms with Crippen LogP contribution in [0.25, 0.3) is 0 Å². The summed E-state index contributed by atoms with van der Waals surface area (Å²) in [5, 5.41) is 3.75. The molecule has 1 fully saturated rings. The first-order valence-corrected chi connectivity index (χ1v) is 7.09. The maximum absolute atomic E-state index is 5.19. The van der Waals surface area contributed by atoms with E-state index in [2.05, 4.69) is 31.3 Å². The van der Waals surface area contributed by atoms with Crippen LogP contribution in [0.1, 0.15) is 51.1 Å². The van der Waals surface area contributed by atoms with Gasteiger partial charge in [-0.1, -0.05) is 19.1 Å². The minimum absolute atomic E-state index is 0.425. The molecule has 0 aliphatic heterocycles. The van der Waals surface area contributed by atoms with Gasteiger partial charge in [-0.15, -0.1) is 0 Å². The fourth-order valence-corrected chi connectivity index (χ4v) is 2.77. The molecule has 0 unspecified atom stereocenters. The molecule has 0 aromatic heterocycles. The van der Waals surface area contributed by atoms with Crippen molar-refractivity contribution in [1.29, 1.82) is 0 Å². The number of ether oxygens (including phenoxy) is 1. The molecular formula is C16H25NO. The van der Waals surface area contributed by atoms with Gasteiger partial charge in [-0.3, -0.25) is 0 Å². The molecule has 0 saturated heterocycles. The zero-order chi connectivity index (χ0) is 13.0. The van der Waals surface area contributed by atoms with Crippen LogP contribution in [-0.2, 0) is 0 Å². The van der Waals surface area contributed by atoms with Crippen molar-refractivity contribution in [3.05, 3.63) is 29.8 Å². The van der Waals surface area contributed by atoms with E-state index < -0.39 is 0 Å². The van der Waals surface area contributed by atoms with Crippen molar-refractivity contribution in [3.63, 3.8) is 0 Å². The first-order valence-electron chi connectivity index (χ1n) is 7.09. The summed E-state index contributed by atoms with van der Waals surface area (Å²) in [5.41, 5.74) is 1.34. The summed E-state index contributed by atoms with van der Waals surface area (Å²) in [7, 11) is 1.71. The highest BCUT2D eigenvalue weighted by Gasteiger charge is 2.19. The summed E-state index contributed by atoms with van der Waals surface area (Å²) in [6, 6.07) is 9.50. The lowest BCUT2D eigenvalue weighted by Gasteiger charge is -2.29. The standard InChI is InChI=1S/C16H25NO/c1-12-4-8-15(9-5-12)17-13(2)14-6-10-16(18-3)11-7-14/h6-7,10-13,15,17H,4-5,8-9H2,1-3H3/t12?,13-,15?/m1/s1. The Morgan fingerprint density at radius 3 is 2.28 bits per heavy atom. The van der Waals surface area contributed by atoms with Gasteiger partial charge in [-0.25, -0.2) is 0 Å². The second-order valence-electron chi connectivity index (χ2n) is 5.62. The Labute approximate surface area is 111 Å². The number of benzene rings is 1. The van der Waals surface area contributed by atoms with Crippen LogP contribution in [0.2, 0.25) is 0 Å². The molecule has 100 valence electrons. The normalized spacial score (nSPS) is 25.7. The highest BCUT2D eigenvalue weighted by atomic mass is 16.5. The van der Waals surface area contributed by atoms with E-state index in [9.17, 15) is 0 Å². The Kier molecular flexibility index (Phi) is 4.65. The van der Waals surface area contributed by atoms with Crippen LogP contribution < -0.4 is 10.1 Å². The van der Waals surface area contributed by atoms with Gasteiger partial charge in [0, 0.05) is 12.1 Å². The minimum Gasteiger partial charge on any atom is -0.497 e. The molecule has 2 nitrogen and oxygen atoms in total. The topological polar surface area (TPSA) is 21.3 Å². The molecule has 18 heavy (non-hydrogen) atoms. The average Bonchev–Trinajstić information content (AvgIpc) is 2.41. The maximum Gasteiger partial charge on any atom is 0.118 e. The summed E-state index contributed by atoms with van der Waals surface area (Å²) in [4.78, 5) is 0. The summed E-state index contributed by atoms with van der Waals surface area (Å²) in [6.45, 7) is 4.61. The Morgan fingerprint density at radius 2 is 1.72 bits per heavy atom. The van der Waals surface area contributed by atoms with Gasteiger partial charge in [0.15, 0.2) is 0 Å². The Morgan fingerprint density at radius 1 is 1.11 bits per heavy atom. The Balaban J connectivity index is 1.88. The third-order valence-electron chi connectivity index (χ3n) is 4.12. The zero-order valence-corrected chi connectivity index (χ0v) is 11.8. The van der Waals surface area contributed by atoms with Crippen LogP contribution in [0, 0.1) is 5.92 Å². The van der Waals surface area contributed by atoms with Crippen molar-refractivity contribution in [2.45, 2.75) is 51.6 Å². The Bertz CT molecular complexity index is 352. The van der Waals surface area contributed by atoms with Crippen LogP contribution in [0.3, 0.4) is 0 Å². The number of rotatable bonds is 4. The molecule has 1 saturated carbocycles. The molecule has 0 amide bonds. The number of methoxy groups -OCH3 is 1. The lowest BCUT2D eigenvalue weighted by Crippen LogP contribution is -2.34. The fraction of sp³-hybridized carbons (Fsp3) is 0.625. The minimum atomic E-state index is 0.425. The van der Waals surface area contributed by atoms with Crippen LogP contribution in [-0.4, -0.2) is 13.2 Å². The predicted octanol–water partition coefficient (Wildman–Crippen LogP) is 3.92. The molecule has 1 aliphatic rings. The largest absolute Gasteiger partial charge is 0.497 e. The smallest absolute Gasteiger partial charge is 0.118 e. The first kappa shape index (κ1) is 13.4. The van der Waals surface area contributed by atoms with Gasteiger partial charge < -0.3 is 10.1 Å². The second kappa shape index (κ2) is 6.24. The van der Waals surface area contributed by atoms with Crippen molar-refractivity contribution >= 4 is 0 Å². The van der Waals surface area contributed by atoms with Crippen molar-refractivity contribution < 1.29 is 4.74 Å². The van der Waals surface area contributed by atoms with Gasteiger partial charge in [0.05, 0.1) is 7.11 Å². The van der Waals surface area contributed by atoms with Crippen LogP contribution in [0.5, 0.6) is 5.75 Å².